The van der Waals surface area contributed by atoms with Gasteiger partial charge in [-0.1, -0.05) is 6.92 Å². The summed E-state index contributed by atoms with van der Waals surface area (Å²) in [4.78, 5) is 2.05. The monoisotopic (exact) mass is 324 g/mol. The summed E-state index contributed by atoms with van der Waals surface area (Å²) in [5.74, 6) is 0.346. The highest BCUT2D eigenvalue weighted by Gasteiger charge is 2.24. The Hall–Kier alpha value is -0.140. The molecule has 0 N–H and O–H groups in total. The molecule has 0 atom stereocenters. The Balaban J connectivity index is 2.77. The van der Waals surface area contributed by atoms with Gasteiger partial charge in [0.25, 0.3) is 10.0 Å². The Morgan fingerprint density at radius 2 is 2.00 bits per heavy atom. The number of nitrogens with zero attached hydrogens (tertiary/aromatic N) is 2. The van der Waals surface area contributed by atoms with Gasteiger partial charge < -0.3 is 4.90 Å². The maximum atomic E-state index is 12.4. The molecule has 0 bridgehead atoms. The third-order valence-corrected chi connectivity index (χ3v) is 6.49. The standard InChI is InChI=1S/C12H21ClN2O2S2/c1-4-15(7-5-6-14(2)3)19(16,17)12-8-11(9-13)10-18-12/h8,10H,4-7,9H2,1-3H3. The third kappa shape index (κ3) is 4.72. The van der Waals surface area contributed by atoms with Gasteiger partial charge in [0.1, 0.15) is 4.21 Å². The van der Waals surface area contributed by atoms with Crippen molar-refractivity contribution in [3.8, 4) is 0 Å². The second-order valence-corrected chi connectivity index (χ2v) is 7.90. The number of sulfonamides is 1. The average molecular weight is 325 g/mol. The van der Waals surface area contributed by atoms with Gasteiger partial charge in [-0.2, -0.15) is 4.31 Å². The highest BCUT2D eigenvalue weighted by molar-refractivity contribution is 7.91. The summed E-state index contributed by atoms with van der Waals surface area (Å²) in [6, 6.07) is 1.67. The van der Waals surface area contributed by atoms with Crippen molar-refractivity contribution in [3.05, 3.63) is 17.0 Å². The Morgan fingerprint density at radius 1 is 1.32 bits per heavy atom. The van der Waals surface area contributed by atoms with Crippen molar-refractivity contribution >= 4 is 33.0 Å². The summed E-state index contributed by atoms with van der Waals surface area (Å²) < 4.78 is 26.8. The van der Waals surface area contributed by atoms with Gasteiger partial charge in [0.2, 0.25) is 0 Å². The molecular formula is C12H21ClN2O2S2. The number of alkyl halides is 1. The van der Waals surface area contributed by atoms with Crippen LogP contribution in [0.15, 0.2) is 15.7 Å². The molecule has 1 aromatic rings. The van der Waals surface area contributed by atoms with Crippen LogP contribution in [0.5, 0.6) is 0 Å². The first-order valence-corrected chi connectivity index (χ1v) is 9.05. The summed E-state index contributed by atoms with van der Waals surface area (Å²) in [6.45, 7) is 3.78. The van der Waals surface area contributed by atoms with E-state index >= 15 is 0 Å². The van der Waals surface area contributed by atoms with Crippen molar-refractivity contribution in [2.75, 3.05) is 33.7 Å². The molecule has 1 aromatic heterocycles. The largest absolute Gasteiger partial charge is 0.309 e. The molecule has 0 aliphatic rings. The van der Waals surface area contributed by atoms with Crippen LogP contribution in [0.4, 0.5) is 0 Å². The van der Waals surface area contributed by atoms with Crippen LogP contribution < -0.4 is 0 Å². The molecule has 0 aliphatic carbocycles. The predicted molar refractivity (Wildman–Crippen MR) is 81.5 cm³/mol. The van der Waals surface area contributed by atoms with Crippen LogP contribution in [0, 0.1) is 0 Å². The molecule has 0 saturated carbocycles. The van der Waals surface area contributed by atoms with Crippen LogP contribution in [-0.4, -0.2) is 51.4 Å². The first kappa shape index (κ1) is 16.9. The van der Waals surface area contributed by atoms with Gasteiger partial charge in [-0.25, -0.2) is 8.42 Å². The maximum absolute atomic E-state index is 12.4. The smallest absolute Gasteiger partial charge is 0.252 e. The third-order valence-electron chi connectivity index (χ3n) is 2.74. The van der Waals surface area contributed by atoms with Crippen molar-refractivity contribution in [2.24, 2.45) is 0 Å². The van der Waals surface area contributed by atoms with E-state index in [0.717, 1.165) is 18.5 Å². The van der Waals surface area contributed by atoms with E-state index in [9.17, 15) is 8.42 Å². The number of hydrogen-bond acceptors (Lipinski definition) is 4. The van der Waals surface area contributed by atoms with Gasteiger partial charge in [-0.3, -0.25) is 0 Å². The second kappa shape index (κ2) is 7.59. The predicted octanol–water partition coefficient (Wildman–Crippen LogP) is 2.45. The summed E-state index contributed by atoms with van der Waals surface area (Å²) in [7, 11) is 0.602. The van der Waals surface area contributed by atoms with Crippen LogP contribution in [-0.2, 0) is 15.9 Å². The summed E-state index contributed by atoms with van der Waals surface area (Å²) in [5, 5.41) is 1.80. The Labute approximate surface area is 125 Å². The molecule has 0 aromatic carbocycles. The zero-order valence-electron chi connectivity index (χ0n) is 11.6. The van der Waals surface area contributed by atoms with E-state index in [4.69, 9.17) is 11.6 Å². The molecule has 1 rings (SSSR count). The zero-order valence-corrected chi connectivity index (χ0v) is 14.0. The summed E-state index contributed by atoms with van der Waals surface area (Å²) >= 11 is 6.95. The summed E-state index contributed by atoms with van der Waals surface area (Å²) in [6.07, 6.45) is 0.827. The van der Waals surface area contributed by atoms with Crippen molar-refractivity contribution < 1.29 is 8.42 Å². The SMILES string of the molecule is CCN(CCCN(C)C)S(=O)(=O)c1cc(CCl)cs1. The lowest BCUT2D eigenvalue weighted by atomic mass is 10.4. The van der Waals surface area contributed by atoms with Crippen LogP contribution in [0.3, 0.4) is 0 Å². The minimum Gasteiger partial charge on any atom is -0.309 e. The van der Waals surface area contributed by atoms with E-state index in [1.165, 1.54) is 15.6 Å². The first-order valence-electron chi connectivity index (χ1n) is 6.20. The Kier molecular flexibility index (Phi) is 6.76. The van der Waals surface area contributed by atoms with Crippen molar-refractivity contribution in [1.82, 2.24) is 9.21 Å². The average Bonchev–Trinajstić information content (AvgIpc) is 2.83. The molecule has 110 valence electrons. The Morgan fingerprint density at radius 3 is 2.47 bits per heavy atom. The quantitative estimate of drug-likeness (QED) is 0.690. The van der Waals surface area contributed by atoms with E-state index < -0.39 is 10.0 Å². The lowest BCUT2D eigenvalue weighted by molar-refractivity contribution is 0.356. The number of hydrogen-bond donors (Lipinski definition) is 0. The normalized spacial score (nSPS) is 12.5. The number of halogens is 1. The molecule has 7 heteroatoms. The van der Waals surface area contributed by atoms with Crippen LogP contribution >= 0.6 is 22.9 Å². The van der Waals surface area contributed by atoms with Gasteiger partial charge in [-0.05, 0) is 44.1 Å². The van der Waals surface area contributed by atoms with Crippen molar-refractivity contribution in [2.45, 2.75) is 23.4 Å². The van der Waals surface area contributed by atoms with Gasteiger partial charge in [-0.15, -0.1) is 22.9 Å². The molecule has 4 nitrogen and oxygen atoms in total. The Bertz CT molecular complexity index is 486. The van der Waals surface area contributed by atoms with Crippen LogP contribution in [0.2, 0.25) is 0 Å². The van der Waals surface area contributed by atoms with Gasteiger partial charge in [0.05, 0.1) is 0 Å². The molecule has 0 unspecified atom stereocenters. The van der Waals surface area contributed by atoms with Gasteiger partial charge >= 0.3 is 0 Å². The fraction of sp³-hybridized carbons (Fsp3) is 0.667. The van der Waals surface area contributed by atoms with Crippen molar-refractivity contribution in [1.29, 1.82) is 0 Å². The molecule has 0 amide bonds. The van der Waals surface area contributed by atoms with Crippen LogP contribution in [0.25, 0.3) is 0 Å². The molecule has 0 spiro atoms. The fourth-order valence-electron chi connectivity index (χ4n) is 1.70. The lowest BCUT2D eigenvalue weighted by Gasteiger charge is -2.20. The lowest BCUT2D eigenvalue weighted by Crippen LogP contribution is -2.32. The zero-order chi connectivity index (χ0) is 14.5. The highest BCUT2D eigenvalue weighted by Crippen LogP contribution is 2.24. The van der Waals surface area contributed by atoms with Crippen molar-refractivity contribution in [3.63, 3.8) is 0 Å². The molecule has 0 radical (unpaired) electrons. The molecule has 19 heavy (non-hydrogen) atoms. The first-order chi connectivity index (χ1) is 8.91. The second-order valence-electron chi connectivity index (χ2n) is 4.56. The molecule has 0 saturated heterocycles. The van der Waals surface area contributed by atoms with Crippen LogP contribution in [0.1, 0.15) is 18.9 Å². The highest BCUT2D eigenvalue weighted by atomic mass is 35.5. The fourth-order valence-corrected chi connectivity index (χ4v) is 4.79. The maximum Gasteiger partial charge on any atom is 0.252 e. The van der Waals surface area contributed by atoms with E-state index in [0.29, 0.717) is 23.2 Å². The molecular weight excluding hydrogens is 304 g/mol. The number of thiophene rings is 1. The summed E-state index contributed by atoms with van der Waals surface area (Å²) in [5.41, 5.74) is 0.856. The van der Waals surface area contributed by atoms with Gasteiger partial charge in [0.15, 0.2) is 0 Å². The molecule has 0 fully saturated rings. The molecule has 1 heterocycles. The minimum atomic E-state index is -3.36. The van der Waals surface area contributed by atoms with E-state index in [1.54, 1.807) is 11.4 Å². The van der Waals surface area contributed by atoms with E-state index in [1.807, 2.05) is 21.0 Å². The minimum absolute atomic E-state index is 0.346. The topological polar surface area (TPSA) is 40.6 Å². The van der Waals surface area contributed by atoms with E-state index in [-0.39, 0.29) is 0 Å². The van der Waals surface area contributed by atoms with E-state index in [2.05, 4.69) is 4.90 Å². The number of rotatable bonds is 8. The van der Waals surface area contributed by atoms with Gasteiger partial charge in [0, 0.05) is 19.0 Å². The molecule has 0 aliphatic heterocycles.